The van der Waals surface area contributed by atoms with Gasteiger partial charge in [0, 0.05) is 24.8 Å². The van der Waals surface area contributed by atoms with Crippen molar-refractivity contribution in [3.8, 4) is 0 Å². The largest absolute Gasteiger partial charge is 0.476 e. The van der Waals surface area contributed by atoms with E-state index < -0.39 is 5.97 Å². The van der Waals surface area contributed by atoms with E-state index in [4.69, 9.17) is 5.11 Å². The van der Waals surface area contributed by atoms with Gasteiger partial charge in [0.15, 0.2) is 5.69 Å². The molecule has 112 valence electrons. The number of carbonyl (C=O) groups excluding carboxylic acids is 1. The minimum Gasteiger partial charge on any atom is -0.476 e. The molecule has 1 aromatic heterocycles. The maximum absolute atomic E-state index is 11.8. The number of nitrogens with one attached hydrogen (secondary N) is 1. The number of thiazole rings is 1. The Bertz CT molecular complexity index is 477. The number of carbonyl (C=O) groups is 2. The van der Waals surface area contributed by atoms with E-state index in [2.05, 4.69) is 38.0 Å². The van der Waals surface area contributed by atoms with Gasteiger partial charge in [0.1, 0.15) is 0 Å². The van der Waals surface area contributed by atoms with Crippen LogP contribution in [0, 0.1) is 11.3 Å². The highest BCUT2D eigenvalue weighted by molar-refractivity contribution is 7.09. The van der Waals surface area contributed by atoms with Crippen molar-refractivity contribution < 1.29 is 14.7 Å². The van der Waals surface area contributed by atoms with Gasteiger partial charge >= 0.3 is 5.97 Å². The molecule has 5 nitrogen and oxygen atoms in total. The van der Waals surface area contributed by atoms with Gasteiger partial charge in [0.05, 0.1) is 5.01 Å². The van der Waals surface area contributed by atoms with Crippen molar-refractivity contribution in [3.05, 3.63) is 16.1 Å². The van der Waals surface area contributed by atoms with E-state index in [1.807, 2.05) is 0 Å². The third-order valence-electron chi connectivity index (χ3n) is 3.40. The third kappa shape index (κ3) is 5.28. The Morgan fingerprint density at radius 2 is 2.10 bits per heavy atom. The molecule has 0 saturated heterocycles. The van der Waals surface area contributed by atoms with Gasteiger partial charge < -0.3 is 10.4 Å². The number of carboxylic acid groups (broad SMARTS) is 1. The summed E-state index contributed by atoms with van der Waals surface area (Å²) in [7, 11) is 0. The fourth-order valence-corrected chi connectivity index (χ4v) is 2.26. The average molecular weight is 298 g/mol. The SMILES string of the molecule is CC(CC(=O)NCCc1nc(C(=O)O)cs1)C(C)(C)C. The molecule has 0 aromatic carbocycles. The van der Waals surface area contributed by atoms with Crippen molar-refractivity contribution in [1.82, 2.24) is 10.3 Å². The summed E-state index contributed by atoms with van der Waals surface area (Å²) >= 11 is 1.30. The van der Waals surface area contributed by atoms with Gasteiger partial charge in [-0.2, -0.15) is 0 Å². The number of amides is 1. The standard InChI is InChI=1S/C14H22N2O3S/c1-9(14(2,3)4)7-11(17)15-6-5-12-16-10(8-20-12)13(18)19/h8-9H,5-7H2,1-4H3,(H,15,17)(H,18,19). The number of rotatable bonds is 6. The summed E-state index contributed by atoms with van der Waals surface area (Å²) in [5, 5.41) is 13.9. The Balaban J connectivity index is 2.33. The summed E-state index contributed by atoms with van der Waals surface area (Å²) in [5.41, 5.74) is 0.181. The van der Waals surface area contributed by atoms with E-state index in [-0.39, 0.29) is 17.0 Å². The zero-order valence-corrected chi connectivity index (χ0v) is 13.2. The van der Waals surface area contributed by atoms with Crippen LogP contribution in [0.4, 0.5) is 0 Å². The van der Waals surface area contributed by atoms with Crippen LogP contribution in [0.1, 0.15) is 49.6 Å². The number of carboxylic acids is 1. The van der Waals surface area contributed by atoms with Gasteiger partial charge in [-0.3, -0.25) is 4.79 Å². The molecule has 0 aliphatic heterocycles. The molecule has 2 N–H and O–H groups in total. The Morgan fingerprint density at radius 3 is 2.60 bits per heavy atom. The first kappa shape index (κ1) is 16.6. The molecule has 20 heavy (non-hydrogen) atoms. The molecule has 1 unspecified atom stereocenters. The van der Waals surface area contributed by atoms with Crippen molar-refractivity contribution in [2.24, 2.45) is 11.3 Å². The van der Waals surface area contributed by atoms with E-state index in [1.54, 1.807) is 0 Å². The molecule has 1 heterocycles. The van der Waals surface area contributed by atoms with Gasteiger partial charge in [0.25, 0.3) is 0 Å². The molecule has 6 heteroatoms. The van der Waals surface area contributed by atoms with Crippen LogP contribution in [0.2, 0.25) is 0 Å². The zero-order valence-electron chi connectivity index (χ0n) is 12.4. The van der Waals surface area contributed by atoms with Crippen LogP contribution < -0.4 is 5.32 Å². The quantitative estimate of drug-likeness (QED) is 0.846. The maximum Gasteiger partial charge on any atom is 0.355 e. The Morgan fingerprint density at radius 1 is 1.45 bits per heavy atom. The zero-order chi connectivity index (χ0) is 15.3. The minimum absolute atomic E-state index is 0.0300. The van der Waals surface area contributed by atoms with Crippen molar-refractivity contribution >= 4 is 23.2 Å². The fourth-order valence-electron chi connectivity index (χ4n) is 1.49. The Kier molecular flexibility index (Phi) is 5.68. The molecule has 0 spiro atoms. The first-order valence-electron chi connectivity index (χ1n) is 6.64. The summed E-state index contributed by atoms with van der Waals surface area (Å²) in [6, 6.07) is 0. The molecule has 0 aliphatic rings. The first-order valence-corrected chi connectivity index (χ1v) is 7.52. The summed E-state index contributed by atoms with van der Waals surface area (Å²) in [6.07, 6.45) is 1.06. The Hall–Kier alpha value is -1.43. The van der Waals surface area contributed by atoms with Crippen molar-refractivity contribution in [1.29, 1.82) is 0 Å². The topological polar surface area (TPSA) is 79.3 Å². The second kappa shape index (κ2) is 6.83. The number of aromatic nitrogens is 1. The molecule has 1 rings (SSSR count). The molecule has 0 bridgehead atoms. The maximum atomic E-state index is 11.8. The normalized spacial score (nSPS) is 13.0. The molecule has 0 fully saturated rings. The third-order valence-corrected chi connectivity index (χ3v) is 4.31. The monoisotopic (exact) mass is 298 g/mol. The van der Waals surface area contributed by atoms with Crippen LogP contribution >= 0.6 is 11.3 Å². The number of hydrogen-bond acceptors (Lipinski definition) is 4. The van der Waals surface area contributed by atoms with Crippen LogP contribution in [0.15, 0.2) is 5.38 Å². The molecule has 1 amide bonds. The van der Waals surface area contributed by atoms with Crippen LogP contribution in [-0.4, -0.2) is 28.5 Å². The van der Waals surface area contributed by atoms with Crippen LogP contribution in [0.25, 0.3) is 0 Å². The van der Waals surface area contributed by atoms with Gasteiger partial charge in [-0.25, -0.2) is 9.78 Å². The van der Waals surface area contributed by atoms with Crippen LogP contribution in [-0.2, 0) is 11.2 Å². The highest BCUT2D eigenvalue weighted by Crippen LogP contribution is 2.27. The molecule has 1 aromatic rings. The lowest BCUT2D eigenvalue weighted by Crippen LogP contribution is -2.30. The van der Waals surface area contributed by atoms with Crippen LogP contribution in [0.5, 0.6) is 0 Å². The lowest BCUT2D eigenvalue weighted by Gasteiger charge is -2.26. The molecule has 0 aliphatic carbocycles. The average Bonchev–Trinajstić information content (AvgIpc) is 2.76. The summed E-state index contributed by atoms with van der Waals surface area (Å²) in [5.74, 6) is -0.682. The molecule has 0 radical (unpaired) electrons. The highest BCUT2D eigenvalue weighted by Gasteiger charge is 2.22. The molecule has 1 atom stereocenters. The fraction of sp³-hybridized carbons (Fsp3) is 0.643. The molecular weight excluding hydrogens is 276 g/mol. The smallest absolute Gasteiger partial charge is 0.355 e. The first-order chi connectivity index (χ1) is 9.20. The van der Waals surface area contributed by atoms with Crippen molar-refractivity contribution in [2.75, 3.05) is 6.54 Å². The second-order valence-corrected chi connectivity index (χ2v) is 6.95. The van der Waals surface area contributed by atoms with E-state index in [0.717, 1.165) is 5.01 Å². The Labute approximate surface area is 123 Å². The van der Waals surface area contributed by atoms with Gasteiger partial charge in [-0.15, -0.1) is 11.3 Å². The number of hydrogen-bond donors (Lipinski definition) is 2. The van der Waals surface area contributed by atoms with Gasteiger partial charge in [-0.1, -0.05) is 27.7 Å². The summed E-state index contributed by atoms with van der Waals surface area (Å²) in [6.45, 7) is 8.91. The van der Waals surface area contributed by atoms with E-state index in [0.29, 0.717) is 25.3 Å². The van der Waals surface area contributed by atoms with Crippen LogP contribution in [0.3, 0.4) is 0 Å². The summed E-state index contributed by atoms with van der Waals surface area (Å²) in [4.78, 5) is 26.4. The lowest BCUT2D eigenvalue weighted by molar-refractivity contribution is -0.122. The van der Waals surface area contributed by atoms with Crippen molar-refractivity contribution in [2.45, 2.75) is 40.5 Å². The molecular formula is C14H22N2O3S. The molecule has 0 saturated carbocycles. The second-order valence-electron chi connectivity index (χ2n) is 6.00. The predicted molar refractivity (Wildman–Crippen MR) is 79.0 cm³/mol. The van der Waals surface area contributed by atoms with E-state index >= 15 is 0 Å². The lowest BCUT2D eigenvalue weighted by atomic mass is 9.80. The van der Waals surface area contributed by atoms with Gasteiger partial charge in [0.2, 0.25) is 5.91 Å². The predicted octanol–water partition coefficient (Wildman–Crippen LogP) is 2.57. The van der Waals surface area contributed by atoms with E-state index in [9.17, 15) is 9.59 Å². The number of nitrogens with zero attached hydrogens (tertiary/aromatic N) is 1. The van der Waals surface area contributed by atoms with Gasteiger partial charge in [-0.05, 0) is 11.3 Å². The van der Waals surface area contributed by atoms with E-state index in [1.165, 1.54) is 16.7 Å². The highest BCUT2D eigenvalue weighted by atomic mass is 32.1. The van der Waals surface area contributed by atoms with Crippen molar-refractivity contribution in [3.63, 3.8) is 0 Å². The number of aromatic carboxylic acids is 1. The summed E-state index contributed by atoms with van der Waals surface area (Å²) < 4.78 is 0. The minimum atomic E-state index is -1.02.